The number of carbonyl (C=O) groups excluding carboxylic acids is 1. The molecular formula is C26H38N4O2S. The summed E-state index contributed by atoms with van der Waals surface area (Å²) in [6, 6.07) is 4.38. The molecule has 1 amide bonds. The lowest BCUT2D eigenvalue weighted by Crippen LogP contribution is -2.29. The number of thiophene rings is 1. The molecule has 0 aliphatic carbocycles. The molecule has 0 spiro atoms. The molecule has 2 N–H and O–H groups in total. The van der Waals surface area contributed by atoms with Gasteiger partial charge in [0.05, 0.1) is 17.9 Å². The Hall–Kier alpha value is -2.64. The van der Waals surface area contributed by atoms with Gasteiger partial charge in [0, 0.05) is 48.0 Å². The SMILES string of the molecule is C=CN(/C=C(\CC)C(=O)NC(CC)c1cccs1)C(=C)/C(C)=C\NC(C)=NC1CCOCC1. The van der Waals surface area contributed by atoms with E-state index in [4.69, 9.17) is 9.73 Å². The van der Waals surface area contributed by atoms with E-state index in [1.54, 1.807) is 22.4 Å². The molecule has 0 radical (unpaired) electrons. The molecule has 0 bridgehead atoms. The number of nitrogens with one attached hydrogen (secondary N) is 2. The van der Waals surface area contributed by atoms with E-state index in [1.807, 2.05) is 44.6 Å². The summed E-state index contributed by atoms with van der Waals surface area (Å²) in [7, 11) is 0. The lowest BCUT2D eigenvalue weighted by molar-refractivity contribution is -0.118. The highest BCUT2D eigenvalue weighted by Crippen LogP contribution is 2.23. The summed E-state index contributed by atoms with van der Waals surface area (Å²) in [5, 5.41) is 8.44. The Morgan fingerprint density at radius 1 is 1.36 bits per heavy atom. The van der Waals surface area contributed by atoms with Crippen LogP contribution in [0, 0.1) is 0 Å². The second-order valence-electron chi connectivity index (χ2n) is 8.02. The maximum Gasteiger partial charge on any atom is 0.249 e. The van der Waals surface area contributed by atoms with Crippen LogP contribution in [-0.2, 0) is 9.53 Å². The number of hydrogen-bond acceptors (Lipinski definition) is 5. The van der Waals surface area contributed by atoms with E-state index in [9.17, 15) is 4.79 Å². The topological polar surface area (TPSA) is 66.0 Å². The molecular weight excluding hydrogens is 432 g/mol. The number of nitrogens with zero attached hydrogens (tertiary/aromatic N) is 2. The Bertz CT molecular complexity index is 880. The average Bonchev–Trinajstić information content (AvgIpc) is 3.36. The van der Waals surface area contributed by atoms with Crippen molar-refractivity contribution in [3.63, 3.8) is 0 Å². The summed E-state index contributed by atoms with van der Waals surface area (Å²) in [5.41, 5.74) is 2.33. The van der Waals surface area contributed by atoms with Gasteiger partial charge in [0.25, 0.3) is 0 Å². The average molecular weight is 471 g/mol. The lowest BCUT2D eigenvalue weighted by Gasteiger charge is -2.22. The number of rotatable bonds is 11. The summed E-state index contributed by atoms with van der Waals surface area (Å²) in [4.78, 5) is 20.7. The third-order valence-electron chi connectivity index (χ3n) is 5.60. The van der Waals surface area contributed by atoms with Crippen molar-refractivity contribution in [2.24, 2.45) is 4.99 Å². The fraction of sp³-hybridized carbons (Fsp3) is 0.462. The molecule has 2 heterocycles. The molecule has 1 aromatic heterocycles. The van der Waals surface area contributed by atoms with Crippen molar-refractivity contribution < 1.29 is 9.53 Å². The highest BCUT2D eigenvalue weighted by molar-refractivity contribution is 7.10. The molecule has 1 fully saturated rings. The van der Waals surface area contributed by atoms with Crippen LogP contribution in [0.2, 0.25) is 0 Å². The van der Waals surface area contributed by atoms with E-state index < -0.39 is 0 Å². The highest BCUT2D eigenvalue weighted by atomic mass is 32.1. The van der Waals surface area contributed by atoms with E-state index in [0.29, 0.717) is 18.0 Å². The Balaban J connectivity index is 2.04. The van der Waals surface area contributed by atoms with Crippen LogP contribution in [0.1, 0.15) is 64.3 Å². The largest absolute Gasteiger partial charge is 0.381 e. The van der Waals surface area contributed by atoms with Gasteiger partial charge < -0.3 is 20.3 Å². The first-order chi connectivity index (χ1) is 15.9. The van der Waals surface area contributed by atoms with Gasteiger partial charge in [0.1, 0.15) is 0 Å². The first-order valence-electron chi connectivity index (χ1n) is 11.6. The molecule has 1 aliphatic heterocycles. The second-order valence-corrected chi connectivity index (χ2v) is 9.00. The van der Waals surface area contributed by atoms with E-state index in [2.05, 4.69) is 36.8 Å². The van der Waals surface area contributed by atoms with Crippen molar-refractivity contribution in [2.45, 2.75) is 65.5 Å². The number of aliphatic imine (C=N–C) groups is 1. The van der Waals surface area contributed by atoms with Crippen LogP contribution in [0.3, 0.4) is 0 Å². The van der Waals surface area contributed by atoms with Gasteiger partial charge in [0.15, 0.2) is 0 Å². The minimum atomic E-state index is -0.0726. The zero-order valence-corrected chi connectivity index (χ0v) is 21.2. The molecule has 180 valence electrons. The van der Waals surface area contributed by atoms with Crippen molar-refractivity contribution in [2.75, 3.05) is 13.2 Å². The van der Waals surface area contributed by atoms with Gasteiger partial charge >= 0.3 is 0 Å². The number of amidine groups is 1. The number of hydrogen-bond donors (Lipinski definition) is 2. The molecule has 1 unspecified atom stereocenters. The van der Waals surface area contributed by atoms with Crippen molar-refractivity contribution in [3.8, 4) is 0 Å². The van der Waals surface area contributed by atoms with Crippen LogP contribution >= 0.6 is 11.3 Å². The van der Waals surface area contributed by atoms with Crippen LogP contribution in [0.25, 0.3) is 0 Å². The fourth-order valence-electron chi connectivity index (χ4n) is 3.46. The lowest BCUT2D eigenvalue weighted by atomic mass is 10.1. The summed E-state index contributed by atoms with van der Waals surface area (Å²) in [5.74, 6) is 0.791. The molecule has 1 aliphatic rings. The van der Waals surface area contributed by atoms with Gasteiger partial charge in [-0.3, -0.25) is 9.79 Å². The Labute approximate surface area is 202 Å². The molecule has 6 nitrogen and oxygen atoms in total. The summed E-state index contributed by atoms with van der Waals surface area (Å²) < 4.78 is 5.39. The molecule has 1 saturated heterocycles. The normalized spacial score (nSPS) is 16.8. The number of amides is 1. The number of carbonyl (C=O) groups is 1. The van der Waals surface area contributed by atoms with E-state index in [0.717, 1.165) is 54.5 Å². The van der Waals surface area contributed by atoms with Crippen molar-refractivity contribution >= 4 is 23.1 Å². The quantitative estimate of drug-likeness (QED) is 0.190. The van der Waals surface area contributed by atoms with Gasteiger partial charge in [-0.2, -0.15) is 0 Å². The van der Waals surface area contributed by atoms with E-state index >= 15 is 0 Å². The van der Waals surface area contributed by atoms with E-state index in [-0.39, 0.29) is 11.9 Å². The highest BCUT2D eigenvalue weighted by Gasteiger charge is 2.17. The first kappa shape index (κ1) is 26.6. The predicted octanol–water partition coefficient (Wildman–Crippen LogP) is 5.66. The Morgan fingerprint density at radius 2 is 2.09 bits per heavy atom. The minimum Gasteiger partial charge on any atom is -0.381 e. The van der Waals surface area contributed by atoms with Gasteiger partial charge in [-0.25, -0.2) is 0 Å². The maximum absolute atomic E-state index is 13.0. The summed E-state index contributed by atoms with van der Waals surface area (Å²) in [6.45, 7) is 17.6. The van der Waals surface area contributed by atoms with Crippen molar-refractivity contribution in [3.05, 3.63) is 71.0 Å². The van der Waals surface area contributed by atoms with Gasteiger partial charge in [-0.15, -0.1) is 11.3 Å². The van der Waals surface area contributed by atoms with E-state index in [1.165, 1.54) is 0 Å². The summed E-state index contributed by atoms with van der Waals surface area (Å²) >= 11 is 1.66. The second kappa shape index (κ2) is 13.8. The van der Waals surface area contributed by atoms with Crippen LogP contribution in [0.15, 0.2) is 71.1 Å². The number of ether oxygens (including phenoxy) is 1. The fourth-order valence-corrected chi connectivity index (χ4v) is 4.32. The first-order valence-corrected chi connectivity index (χ1v) is 12.5. The Kier molecular flexibility index (Phi) is 11.1. The van der Waals surface area contributed by atoms with Gasteiger partial charge in [0.2, 0.25) is 5.91 Å². The molecule has 0 aromatic carbocycles. The zero-order chi connectivity index (χ0) is 24.2. The van der Waals surface area contributed by atoms with Gasteiger partial charge in [-0.05, 0) is 56.6 Å². The van der Waals surface area contributed by atoms with Crippen molar-refractivity contribution in [1.29, 1.82) is 0 Å². The zero-order valence-electron chi connectivity index (χ0n) is 20.4. The summed E-state index contributed by atoms with van der Waals surface area (Å²) in [6.07, 6.45) is 8.72. The molecule has 1 atom stereocenters. The Morgan fingerprint density at radius 3 is 2.67 bits per heavy atom. The number of allylic oxidation sites excluding steroid dienone is 1. The van der Waals surface area contributed by atoms with Crippen LogP contribution in [-0.4, -0.2) is 35.9 Å². The monoisotopic (exact) mass is 470 g/mol. The molecule has 2 rings (SSSR count). The standard InChI is InChI=1S/C26H38N4O2S/c1-7-22(26(31)29-24(8-2)25-11-10-16-33-25)18-30(9-3)20(5)19(4)17-27-21(6)28-23-12-14-32-15-13-23/h9-11,16-18,23-24H,3,5,7-8,12-15H2,1-2,4,6H3,(H,27,28)(H,29,31)/b19-17-,22-18+. The molecule has 0 saturated carbocycles. The maximum atomic E-state index is 13.0. The minimum absolute atomic E-state index is 0.0108. The molecule has 1 aromatic rings. The molecule has 33 heavy (non-hydrogen) atoms. The van der Waals surface area contributed by atoms with Crippen LogP contribution in [0.5, 0.6) is 0 Å². The van der Waals surface area contributed by atoms with Crippen LogP contribution < -0.4 is 10.6 Å². The smallest absolute Gasteiger partial charge is 0.249 e. The van der Waals surface area contributed by atoms with Gasteiger partial charge in [-0.1, -0.05) is 33.1 Å². The van der Waals surface area contributed by atoms with Crippen molar-refractivity contribution in [1.82, 2.24) is 15.5 Å². The van der Waals surface area contributed by atoms with Crippen LogP contribution in [0.4, 0.5) is 0 Å². The third-order valence-corrected chi connectivity index (χ3v) is 6.58. The predicted molar refractivity (Wildman–Crippen MR) is 139 cm³/mol. The third kappa shape index (κ3) is 8.33. The molecule has 7 heteroatoms.